The van der Waals surface area contributed by atoms with Crippen molar-refractivity contribution in [1.29, 1.82) is 0 Å². The summed E-state index contributed by atoms with van der Waals surface area (Å²) in [6.45, 7) is 44.2. The SMILES string of the molecule is CC(C)(C)c1cc(-c2cccc3c2C=C2[CH]3[Hf]([CH3])([CH3])[CH]3C(=Cc4c(-c5cc(C(C)(C)C)cc(C(C)(C)C)c5)cccc43)[Si]2(C(C)(C)C)C(C)(C)C)cc(C(C)(C)C)c1. The maximum atomic E-state index is 2.84. The van der Waals surface area contributed by atoms with E-state index in [4.69, 9.17) is 0 Å². The predicted molar refractivity (Wildman–Crippen MR) is 257 cm³/mol. The Kier molecular flexibility index (Phi) is 10.1. The molecule has 1 fully saturated rings. The van der Waals surface area contributed by atoms with Gasteiger partial charge in [0, 0.05) is 0 Å². The van der Waals surface area contributed by atoms with Crippen LogP contribution < -0.4 is 0 Å². The molecule has 1 aliphatic heterocycles. The van der Waals surface area contributed by atoms with Gasteiger partial charge in [-0.3, -0.25) is 0 Å². The molecule has 0 bridgehead atoms. The van der Waals surface area contributed by atoms with Crippen molar-refractivity contribution in [2.75, 3.05) is 0 Å². The molecule has 2 atom stereocenters. The third-order valence-electron chi connectivity index (χ3n) is 14.7. The summed E-state index contributed by atoms with van der Waals surface area (Å²) in [4.78, 5) is 0. The van der Waals surface area contributed by atoms with Crippen LogP contribution in [0.25, 0.3) is 34.4 Å². The fraction of sp³-hybridized carbons (Fsp3) is 0.500. The van der Waals surface area contributed by atoms with E-state index >= 15 is 0 Å². The van der Waals surface area contributed by atoms with Gasteiger partial charge in [-0.05, 0) is 0 Å². The normalized spacial score (nSPS) is 20.2. The average molecular weight is 956 g/mol. The Morgan fingerprint density at radius 1 is 0.414 bits per heavy atom. The average Bonchev–Trinajstić information content (AvgIpc) is 3.66. The van der Waals surface area contributed by atoms with Crippen molar-refractivity contribution < 1.29 is 20.0 Å². The minimum atomic E-state index is -3.36. The molecule has 2 heteroatoms. The van der Waals surface area contributed by atoms with Crippen LogP contribution >= 0.6 is 0 Å². The monoisotopic (exact) mass is 957 g/mol. The fourth-order valence-corrected chi connectivity index (χ4v) is 45.9. The zero-order chi connectivity index (χ0) is 43.1. The van der Waals surface area contributed by atoms with Crippen molar-refractivity contribution in [1.82, 2.24) is 0 Å². The summed E-state index contributed by atoms with van der Waals surface area (Å²) in [6, 6.07) is 29.9. The van der Waals surface area contributed by atoms with Crippen molar-refractivity contribution in [3.63, 3.8) is 0 Å². The summed E-state index contributed by atoms with van der Waals surface area (Å²) in [6.07, 6.45) is 5.65. The van der Waals surface area contributed by atoms with Crippen molar-refractivity contribution in [3.8, 4) is 22.3 Å². The van der Waals surface area contributed by atoms with E-state index in [9.17, 15) is 0 Å². The summed E-state index contributed by atoms with van der Waals surface area (Å²) in [5, 5.41) is 3.94. The Bertz CT molecular complexity index is 2140. The molecule has 0 nitrogen and oxygen atoms in total. The zero-order valence-corrected chi connectivity index (χ0v) is 44.8. The topological polar surface area (TPSA) is 0 Å². The van der Waals surface area contributed by atoms with Crippen LogP contribution in [0, 0.1) is 0 Å². The summed E-state index contributed by atoms with van der Waals surface area (Å²) in [7, 11) is -2.46. The molecule has 4 aromatic rings. The van der Waals surface area contributed by atoms with Crippen LogP contribution in [0.15, 0.2) is 83.2 Å². The molecule has 0 spiro atoms. The maximum absolute atomic E-state index is 3.36. The Morgan fingerprint density at radius 2 is 0.707 bits per heavy atom. The van der Waals surface area contributed by atoms with E-state index < -0.39 is 28.0 Å². The first-order chi connectivity index (χ1) is 26.3. The van der Waals surface area contributed by atoms with E-state index in [0.717, 1.165) is 0 Å². The van der Waals surface area contributed by atoms with Gasteiger partial charge in [-0.25, -0.2) is 0 Å². The number of allylic oxidation sites excluding steroid dienone is 2. The molecule has 0 radical (unpaired) electrons. The summed E-state index contributed by atoms with van der Waals surface area (Å²) < 4.78 is 6.81. The van der Waals surface area contributed by atoms with Crippen molar-refractivity contribution in [2.45, 2.75) is 173 Å². The third kappa shape index (κ3) is 6.76. The molecule has 0 amide bonds. The molecular formula is C56H76HfSi. The Hall–Kier alpha value is -2.55. The van der Waals surface area contributed by atoms with Gasteiger partial charge < -0.3 is 0 Å². The molecule has 4 aromatic carbocycles. The molecule has 308 valence electrons. The van der Waals surface area contributed by atoms with Crippen molar-refractivity contribution in [2.24, 2.45) is 0 Å². The molecule has 0 aromatic heterocycles. The van der Waals surface area contributed by atoms with Crippen LogP contribution in [-0.2, 0) is 41.6 Å². The predicted octanol–water partition coefficient (Wildman–Crippen LogP) is 17.2. The van der Waals surface area contributed by atoms with Gasteiger partial charge in [-0.1, -0.05) is 0 Å². The molecule has 2 unspecified atom stereocenters. The van der Waals surface area contributed by atoms with Crippen LogP contribution in [0.2, 0.25) is 19.4 Å². The van der Waals surface area contributed by atoms with Crippen LogP contribution in [0.3, 0.4) is 0 Å². The van der Waals surface area contributed by atoms with Crippen LogP contribution in [0.5, 0.6) is 0 Å². The Balaban J connectivity index is 1.54. The van der Waals surface area contributed by atoms with E-state index in [1.807, 2.05) is 10.4 Å². The fourth-order valence-electron chi connectivity index (χ4n) is 12.0. The van der Waals surface area contributed by atoms with Crippen LogP contribution in [0.1, 0.15) is 176 Å². The second-order valence-corrected chi connectivity index (χ2v) is 48.2. The van der Waals surface area contributed by atoms with E-state index in [2.05, 4.69) is 219 Å². The molecule has 1 heterocycles. The second kappa shape index (κ2) is 13.5. The van der Waals surface area contributed by atoms with Gasteiger partial charge in [0.15, 0.2) is 0 Å². The molecule has 2 aliphatic carbocycles. The number of hydrogen-bond acceptors (Lipinski definition) is 0. The number of fused-ring (bicyclic) bond motifs is 6. The number of hydrogen-bond donors (Lipinski definition) is 0. The van der Waals surface area contributed by atoms with Gasteiger partial charge in [0.25, 0.3) is 0 Å². The molecular weight excluding hydrogens is 879 g/mol. The Morgan fingerprint density at radius 3 is 0.966 bits per heavy atom. The molecule has 58 heavy (non-hydrogen) atoms. The minimum absolute atomic E-state index is 0.0680. The van der Waals surface area contributed by atoms with E-state index in [-0.39, 0.29) is 31.7 Å². The first-order valence-electron chi connectivity index (χ1n) is 22.3. The van der Waals surface area contributed by atoms with E-state index in [0.29, 0.717) is 7.35 Å². The Labute approximate surface area is 360 Å². The summed E-state index contributed by atoms with van der Waals surface area (Å²) in [5.74, 6) is 0. The summed E-state index contributed by atoms with van der Waals surface area (Å²) in [5.41, 5.74) is 18.0. The van der Waals surface area contributed by atoms with Gasteiger partial charge in [0.1, 0.15) is 0 Å². The summed E-state index contributed by atoms with van der Waals surface area (Å²) >= 11 is -3.36. The van der Waals surface area contributed by atoms with Gasteiger partial charge in [-0.2, -0.15) is 0 Å². The number of rotatable bonds is 2. The molecule has 3 aliphatic rings. The molecule has 0 saturated carbocycles. The van der Waals surface area contributed by atoms with Gasteiger partial charge in [0.05, 0.1) is 0 Å². The van der Waals surface area contributed by atoms with Gasteiger partial charge in [-0.15, -0.1) is 0 Å². The first-order valence-corrected chi connectivity index (χ1v) is 35.7. The molecule has 0 N–H and O–H groups in total. The van der Waals surface area contributed by atoms with Gasteiger partial charge >= 0.3 is 363 Å². The standard InChI is InChI=1S/C54H70Si.2CH3.Hf/c1-49(2,3)39-25-37(26-40(31-39)50(4,5)6)45-23-19-21-35-29-43(33-47(35)45)55(53(13,14)15,54(16,17)18)44-30-36-22-20-24-46(48(36)34-44)38-27-41(51(7,8)9)32-42(28-38)52(10,11)12;;;/h19-34H,1-18H3;2*1H3;. The second-order valence-electron chi connectivity index (χ2n) is 25.4. The van der Waals surface area contributed by atoms with E-state index in [1.165, 1.54) is 55.6 Å². The zero-order valence-electron chi connectivity index (χ0n) is 40.2. The van der Waals surface area contributed by atoms with Crippen LogP contribution in [0.4, 0.5) is 0 Å². The van der Waals surface area contributed by atoms with Gasteiger partial charge in [0.2, 0.25) is 0 Å². The number of benzene rings is 4. The molecule has 7 rings (SSSR count). The molecule has 1 saturated heterocycles. The van der Waals surface area contributed by atoms with Crippen molar-refractivity contribution >= 4 is 20.2 Å². The van der Waals surface area contributed by atoms with Crippen LogP contribution in [-0.4, -0.2) is 8.07 Å². The first kappa shape index (κ1) is 43.5. The van der Waals surface area contributed by atoms with E-state index in [1.54, 1.807) is 11.1 Å². The third-order valence-corrected chi connectivity index (χ3v) is 39.0. The quantitative estimate of drug-likeness (QED) is 0.176. The van der Waals surface area contributed by atoms with Crippen molar-refractivity contribution in [3.05, 3.63) is 128 Å².